The van der Waals surface area contributed by atoms with Gasteiger partial charge in [0.15, 0.2) is 0 Å². The van der Waals surface area contributed by atoms with Crippen molar-refractivity contribution in [2.45, 2.75) is 45.2 Å². The van der Waals surface area contributed by atoms with Gasteiger partial charge in [0.1, 0.15) is 0 Å². The third kappa shape index (κ3) is 4.46. The molecule has 1 aliphatic heterocycles. The average molecular weight is 199 g/mol. The molecule has 82 valence electrons. The van der Waals surface area contributed by atoms with Crippen molar-refractivity contribution in [1.82, 2.24) is 16.0 Å². The summed E-state index contributed by atoms with van der Waals surface area (Å²) < 4.78 is 0. The molecule has 3 N–H and O–H groups in total. The van der Waals surface area contributed by atoms with Crippen LogP contribution in [0.25, 0.3) is 0 Å². The summed E-state index contributed by atoms with van der Waals surface area (Å²) in [5.41, 5.74) is 0. The Bertz CT molecular complexity index is 174. The molecular formula is C10H21N3O. The van der Waals surface area contributed by atoms with Crippen LogP contribution >= 0.6 is 0 Å². The van der Waals surface area contributed by atoms with Gasteiger partial charge in [0, 0.05) is 12.1 Å². The highest BCUT2D eigenvalue weighted by Gasteiger charge is 2.14. The highest BCUT2D eigenvalue weighted by atomic mass is 16.2. The Morgan fingerprint density at radius 3 is 2.86 bits per heavy atom. The Morgan fingerprint density at radius 2 is 2.14 bits per heavy atom. The maximum Gasteiger partial charge on any atom is 0.315 e. The van der Waals surface area contributed by atoms with Crippen LogP contribution in [-0.4, -0.2) is 31.2 Å². The lowest BCUT2D eigenvalue weighted by atomic mass is 10.1. The van der Waals surface area contributed by atoms with Crippen molar-refractivity contribution in [3.8, 4) is 0 Å². The molecule has 1 atom stereocenters. The van der Waals surface area contributed by atoms with Gasteiger partial charge in [-0.05, 0) is 46.2 Å². The van der Waals surface area contributed by atoms with Gasteiger partial charge < -0.3 is 16.0 Å². The zero-order chi connectivity index (χ0) is 10.4. The van der Waals surface area contributed by atoms with E-state index < -0.39 is 0 Å². The molecule has 1 heterocycles. The molecule has 0 bridgehead atoms. The summed E-state index contributed by atoms with van der Waals surface area (Å²) in [6, 6.07) is 0.509. The average Bonchev–Trinajstić information content (AvgIpc) is 2.31. The van der Waals surface area contributed by atoms with Gasteiger partial charge in [-0.25, -0.2) is 4.79 Å². The van der Waals surface area contributed by atoms with Gasteiger partial charge in [-0.1, -0.05) is 0 Å². The van der Waals surface area contributed by atoms with Crippen molar-refractivity contribution in [3.05, 3.63) is 0 Å². The molecule has 0 spiro atoms. The van der Waals surface area contributed by atoms with E-state index in [1.807, 2.05) is 13.8 Å². The maximum absolute atomic E-state index is 11.4. The lowest BCUT2D eigenvalue weighted by molar-refractivity contribution is 0.233. The molecule has 0 aromatic rings. The molecule has 0 radical (unpaired) electrons. The minimum Gasteiger partial charge on any atom is -0.336 e. The molecule has 1 saturated heterocycles. The molecule has 0 saturated carbocycles. The number of hydrogen-bond donors (Lipinski definition) is 3. The van der Waals surface area contributed by atoms with Crippen LogP contribution in [0.5, 0.6) is 0 Å². The molecule has 1 rings (SSSR count). The fraction of sp³-hybridized carbons (Fsp3) is 0.900. The van der Waals surface area contributed by atoms with Gasteiger partial charge in [0.25, 0.3) is 0 Å². The molecule has 0 aromatic carbocycles. The summed E-state index contributed by atoms with van der Waals surface area (Å²) in [6.07, 6.45) is 3.26. The molecule has 2 amide bonds. The Kier molecular flexibility index (Phi) is 4.73. The van der Waals surface area contributed by atoms with E-state index >= 15 is 0 Å². The van der Waals surface area contributed by atoms with E-state index in [-0.39, 0.29) is 12.1 Å². The van der Waals surface area contributed by atoms with Crippen LogP contribution < -0.4 is 16.0 Å². The monoisotopic (exact) mass is 199 g/mol. The molecule has 1 unspecified atom stereocenters. The number of nitrogens with one attached hydrogen (secondary N) is 3. The van der Waals surface area contributed by atoms with Crippen molar-refractivity contribution in [1.29, 1.82) is 0 Å². The minimum atomic E-state index is -0.0353. The molecule has 4 nitrogen and oxygen atoms in total. The largest absolute Gasteiger partial charge is 0.336 e. The lowest BCUT2D eigenvalue weighted by Crippen LogP contribution is -2.44. The second-order valence-electron chi connectivity index (χ2n) is 4.15. The zero-order valence-electron chi connectivity index (χ0n) is 9.10. The van der Waals surface area contributed by atoms with E-state index in [1.54, 1.807) is 0 Å². The van der Waals surface area contributed by atoms with E-state index in [1.165, 1.54) is 0 Å². The summed E-state index contributed by atoms with van der Waals surface area (Å²) in [7, 11) is 0. The molecule has 0 aromatic heterocycles. The first-order chi connectivity index (χ1) is 6.68. The predicted octanol–water partition coefficient (Wildman–Crippen LogP) is 0.836. The van der Waals surface area contributed by atoms with Crippen molar-refractivity contribution < 1.29 is 4.79 Å². The number of urea groups is 1. The van der Waals surface area contributed by atoms with Crippen LogP contribution in [0.3, 0.4) is 0 Å². The van der Waals surface area contributed by atoms with Crippen molar-refractivity contribution in [3.63, 3.8) is 0 Å². The quantitative estimate of drug-likeness (QED) is 0.617. The number of amides is 2. The second kappa shape index (κ2) is 5.86. The highest BCUT2D eigenvalue weighted by Crippen LogP contribution is 2.04. The molecule has 14 heavy (non-hydrogen) atoms. The van der Waals surface area contributed by atoms with E-state index in [0.29, 0.717) is 6.04 Å². The number of carbonyl (C=O) groups is 1. The predicted molar refractivity (Wildman–Crippen MR) is 57.3 cm³/mol. The molecule has 0 aliphatic carbocycles. The van der Waals surface area contributed by atoms with E-state index in [9.17, 15) is 4.79 Å². The lowest BCUT2D eigenvalue weighted by Gasteiger charge is -2.17. The van der Waals surface area contributed by atoms with Gasteiger partial charge in [-0.15, -0.1) is 0 Å². The summed E-state index contributed by atoms with van der Waals surface area (Å²) in [4.78, 5) is 11.4. The molecular weight excluding hydrogens is 178 g/mol. The Labute approximate surface area is 85.8 Å². The standard InChI is InChI=1S/C10H21N3O/c1-8(2)12-10(14)13-9-4-3-6-11-7-5-9/h8-9,11H,3-7H2,1-2H3,(H2,12,13,14). The van der Waals surface area contributed by atoms with Crippen LogP contribution in [0.4, 0.5) is 4.79 Å². The second-order valence-corrected chi connectivity index (χ2v) is 4.15. The highest BCUT2D eigenvalue weighted by molar-refractivity contribution is 5.74. The van der Waals surface area contributed by atoms with Crippen LogP contribution in [0.15, 0.2) is 0 Å². The van der Waals surface area contributed by atoms with Crippen LogP contribution in [0, 0.1) is 0 Å². The fourth-order valence-electron chi connectivity index (χ4n) is 1.65. The first-order valence-corrected chi connectivity index (χ1v) is 5.46. The Balaban J connectivity index is 2.23. The fourth-order valence-corrected chi connectivity index (χ4v) is 1.65. The first kappa shape index (κ1) is 11.3. The van der Waals surface area contributed by atoms with Gasteiger partial charge in [-0.2, -0.15) is 0 Å². The number of hydrogen-bond acceptors (Lipinski definition) is 2. The summed E-state index contributed by atoms with van der Waals surface area (Å²) in [5, 5.41) is 9.16. The SMILES string of the molecule is CC(C)NC(=O)NC1CCCNCC1. The summed E-state index contributed by atoms with van der Waals surface area (Å²) >= 11 is 0. The van der Waals surface area contributed by atoms with E-state index in [0.717, 1.165) is 32.4 Å². The number of carbonyl (C=O) groups excluding carboxylic acids is 1. The zero-order valence-corrected chi connectivity index (χ0v) is 9.10. The van der Waals surface area contributed by atoms with Crippen LogP contribution in [-0.2, 0) is 0 Å². The molecule has 1 aliphatic rings. The van der Waals surface area contributed by atoms with Crippen molar-refractivity contribution in [2.75, 3.05) is 13.1 Å². The third-order valence-electron chi connectivity index (χ3n) is 2.33. The normalized spacial score (nSPS) is 22.9. The van der Waals surface area contributed by atoms with Crippen molar-refractivity contribution >= 4 is 6.03 Å². The third-order valence-corrected chi connectivity index (χ3v) is 2.33. The molecule has 4 heteroatoms. The van der Waals surface area contributed by atoms with Crippen LogP contribution in [0.2, 0.25) is 0 Å². The first-order valence-electron chi connectivity index (χ1n) is 5.46. The smallest absolute Gasteiger partial charge is 0.315 e. The maximum atomic E-state index is 11.4. The van der Waals surface area contributed by atoms with Gasteiger partial charge >= 0.3 is 6.03 Å². The number of rotatable bonds is 2. The van der Waals surface area contributed by atoms with Gasteiger partial charge in [0.2, 0.25) is 0 Å². The van der Waals surface area contributed by atoms with Gasteiger partial charge in [-0.3, -0.25) is 0 Å². The Hall–Kier alpha value is -0.770. The molecule has 1 fully saturated rings. The summed E-state index contributed by atoms with van der Waals surface area (Å²) in [5.74, 6) is 0. The van der Waals surface area contributed by atoms with Crippen LogP contribution in [0.1, 0.15) is 33.1 Å². The van der Waals surface area contributed by atoms with E-state index in [2.05, 4.69) is 16.0 Å². The Morgan fingerprint density at radius 1 is 1.36 bits per heavy atom. The van der Waals surface area contributed by atoms with E-state index in [4.69, 9.17) is 0 Å². The van der Waals surface area contributed by atoms with Gasteiger partial charge in [0.05, 0.1) is 0 Å². The topological polar surface area (TPSA) is 53.2 Å². The summed E-state index contributed by atoms with van der Waals surface area (Å²) in [6.45, 7) is 6.01. The van der Waals surface area contributed by atoms with Crippen molar-refractivity contribution in [2.24, 2.45) is 0 Å². The minimum absolute atomic E-state index is 0.0353.